The Kier molecular flexibility index (Phi) is 4.49. The van der Waals surface area contributed by atoms with Crippen molar-refractivity contribution in [2.24, 2.45) is 5.92 Å². The van der Waals surface area contributed by atoms with Gasteiger partial charge in [0, 0.05) is 17.3 Å². The molecule has 1 atom stereocenters. The van der Waals surface area contributed by atoms with Gasteiger partial charge < -0.3 is 15.6 Å². The summed E-state index contributed by atoms with van der Waals surface area (Å²) in [5.74, 6) is 7.09. The molecule has 3 N–H and O–H groups in total. The fourth-order valence-corrected chi connectivity index (χ4v) is 5.06. The van der Waals surface area contributed by atoms with Gasteiger partial charge in [0.1, 0.15) is 11.9 Å². The summed E-state index contributed by atoms with van der Waals surface area (Å²) >= 11 is 12.8. The molecule has 31 heavy (non-hydrogen) atoms. The Morgan fingerprint density at radius 2 is 1.84 bits per heavy atom. The van der Waals surface area contributed by atoms with Gasteiger partial charge in [-0.15, -0.1) is 0 Å². The van der Waals surface area contributed by atoms with Gasteiger partial charge in [-0.3, -0.25) is 9.59 Å². The predicted molar refractivity (Wildman–Crippen MR) is 115 cm³/mol. The normalized spacial score (nSPS) is 21.3. The van der Waals surface area contributed by atoms with Crippen LogP contribution < -0.4 is 27.4 Å². The summed E-state index contributed by atoms with van der Waals surface area (Å²) in [4.78, 5) is 38.9. The topological polar surface area (TPSA) is 125 Å². The number of aromatic nitrogens is 4. The lowest BCUT2D eigenvalue weighted by atomic mass is 9.58. The Morgan fingerprint density at radius 3 is 2.52 bits per heavy atom. The van der Waals surface area contributed by atoms with Crippen LogP contribution in [0.4, 0.5) is 0 Å². The van der Waals surface area contributed by atoms with Crippen LogP contribution in [0.15, 0.2) is 38.9 Å². The van der Waals surface area contributed by atoms with Crippen LogP contribution in [0.2, 0.25) is 10.0 Å². The number of pyridine rings is 1. The first-order chi connectivity index (χ1) is 14.8. The molecular formula is C20H17Cl2N5O4. The molecule has 2 aromatic heterocycles. The van der Waals surface area contributed by atoms with Crippen molar-refractivity contribution in [2.75, 3.05) is 5.84 Å². The average Bonchev–Trinajstić information content (AvgIpc) is 2.69. The summed E-state index contributed by atoms with van der Waals surface area (Å²) in [5.41, 5.74) is 0.188. The van der Waals surface area contributed by atoms with Gasteiger partial charge in [0.05, 0.1) is 15.7 Å². The number of nitrogens with one attached hydrogen (secondary N) is 1. The van der Waals surface area contributed by atoms with Gasteiger partial charge in [-0.1, -0.05) is 30.1 Å². The standard InChI is InChI=1S/C20H17Cl2N5O4/c1-8-9-2-10(3-9)17-14(6-24-19(29)16(8)17)31-18-12(21)4-11(5-13(18)22)27-20(30)26(23)15(28)7-25-27/h4-10H,2-3,23H2,1H3,(H,24,29). The van der Waals surface area contributed by atoms with Gasteiger partial charge in [0.2, 0.25) is 0 Å². The molecule has 11 heteroatoms. The SMILES string of the molecule is CC1c2c(c(Oc3c(Cl)cc(-n4ncc(=O)n(N)c4=O)cc3Cl)c[nH]c2=O)C2CC1C2. The molecular weight excluding hydrogens is 445 g/mol. The molecule has 3 aliphatic rings. The minimum Gasteiger partial charge on any atom is -0.452 e. The Hall–Kier alpha value is -3.04. The fraction of sp³-hybridized carbons (Fsp3) is 0.300. The Bertz CT molecular complexity index is 1380. The van der Waals surface area contributed by atoms with Gasteiger partial charge in [-0.2, -0.15) is 14.5 Å². The van der Waals surface area contributed by atoms with Crippen LogP contribution in [-0.2, 0) is 0 Å². The monoisotopic (exact) mass is 461 g/mol. The van der Waals surface area contributed by atoms with Gasteiger partial charge >= 0.3 is 5.69 Å². The molecule has 2 bridgehead atoms. The van der Waals surface area contributed by atoms with Crippen molar-refractivity contribution >= 4 is 23.2 Å². The number of nitrogen functional groups attached to an aromatic ring is 1. The molecule has 3 aliphatic carbocycles. The van der Waals surface area contributed by atoms with Crippen LogP contribution >= 0.6 is 23.2 Å². The maximum atomic E-state index is 12.4. The highest BCUT2D eigenvalue weighted by Gasteiger charge is 2.45. The number of H-pyrrole nitrogens is 1. The summed E-state index contributed by atoms with van der Waals surface area (Å²) in [6.07, 6.45) is 4.49. The van der Waals surface area contributed by atoms with E-state index in [0.29, 0.717) is 16.3 Å². The molecule has 1 aromatic carbocycles. The second-order valence-corrected chi connectivity index (χ2v) is 8.73. The van der Waals surface area contributed by atoms with Crippen molar-refractivity contribution in [2.45, 2.75) is 31.6 Å². The largest absolute Gasteiger partial charge is 0.452 e. The quantitative estimate of drug-likeness (QED) is 0.577. The molecule has 0 amide bonds. The number of benzene rings is 1. The van der Waals surface area contributed by atoms with Crippen LogP contribution in [0.5, 0.6) is 11.5 Å². The third-order valence-electron chi connectivity index (χ3n) is 6.23. The molecule has 0 spiro atoms. The number of ether oxygens (including phenoxy) is 1. The lowest BCUT2D eigenvalue weighted by Crippen LogP contribution is -2.44. The van der Waals surface area contributed by atoms with E-state index >= 15 is 0 Å². The number of hydrogen-bond acceptors (Lipinski definition) is 6. The van der Waals surface area contributed by atoms with Crippen LogP contribution in [0, 0.1) is 5.92 Å². The minimum atomic E-state index is -0.850. The first kappa shape index (κ1) is 19.9. The van der Waals surface area contributed by atoms with E-state index in [-0.39, 0.29) is 38.9 Å². The van der Waals surface area contributed by atoms with Crippen molar-refractivity contribution in [1.82, 2.24) is 19.4 Å². The van der Waals surface area contributed by atoms with Crippen molar-refractivity contribution in [3.63, 3.8) is 0 Å². The van der Waals surface area contributed by atoms with E-state index in [1.54, 1.807) is 0 Å². The molecule has 2 heterocycles. The predicted octanol–water partition coefficient (Wildman–Crippen LogP) is 2.51. The summed E-state index contributed by atoms with van der Waals surface area (Å²) in [5, 5.41) is 4.04. The smallest absolute Gasteiger partial charge is 0.370 e. The van der Waals surface area contributed by atoms with E-state index < -0.39 is 11.2 Å². The molecule has 3 aromatic rings. The first-order valence-electron chi connectivity index (χ1n) is 9.65. The first-order valence-corrected chi connectivity index (χ1v) is 10.4. The highest BCUT2D eigenvalue weighted by molar-refractivity contribution is 6.37. The molecule has 1 unspecified atom stereocenters. The molecule has 9 nitrogen and oxygen atoms in total. The zero-order chi connectivity index (χ0) is 22.0. The average molecular weight is 462 g/mol. The number of rotatable bonds is 3. The Balaban J connectivity index is 1.58. The lowest BCUT2D eigenvalue weighted by Gasteiger charge is -2.46. The van der Waals surface area contributed by atoms with Crippen LogP contribution in [0.3, 0.4) is 0 Å². The number of hydrogen-bond donors (Lipinski definition) is 2. The summed E-state index contributed by atoms with van der Waals surface area (Å²) in [6, 6.07) is 2.86. The molecule has 1 saturated carbocycles. The van der Waals surface area contributed by atoms with Crippen LogP contribution in [0.25, 0.3) is 5.69 Å². The molecule has 0 radical (unpaired) electrons. The number of halogens is 2. The summed E-state index contributed by atoms with van der Waals surface area (Å²) in [6.45, 7) is 2.06. The molecule has 0 saturated heterocycles. The molecule has 1 fully saturated rings. The third-order valence-corrected chi connectivity index (χ3v) is 6.79. The third kappa shape index (κ3) is 2.99. The highest BCUT2D eigenvalue weighted by Crippen LogP contribution is 2.57. The molecule has 0 aliphatic heterocycles. The van der Waals surface area contributed by atoms with E-state index in [0.717, 1.165) is 34.8 Å². The second-order valence-electron chi connectivity index (χ2n) is 7.91. The van der Waals surface area contributed by atoms with Crippen molar-refractivity contribution < 1.29 is 4.74 Å². The Labute approximate surface area is 185 Å². The second kappa shape index (κ2) is 7.00. The zero-order valence-corrected chi connectivity index (χ0v) is 17.8. The maximum absolute atomic E-state index is 12.4. The fourth-order valence-electron chi connectivity index (χ4n) is 4.51. The highest BCUT2D eigenvalue weighted by atomic mass is 35.5. The maximum Gasteiger partial charge on any atom is 0.370 e. The molecule has 160 valence electrons. The summed E-state index contributed by atoms with van der Waals surface area (Å²) in [7, 11) is 0. The number of aromatic amines is 1. The van der Waals surface area contributed by atoms with Gasteiger partial charge in [0.15, 0.2) is 5.75 Å². The van der Waals surface area contributed by atoms with Crippen LogP contribution in [0.1, 0.15) is 42.7 Å². The summed E-state index contributed by atoms with van der Waals surface area (Å²) < 4.78 is 7.41. The van der Waals surface area contributed by atoms with Crippen molar-refractivity contribution in [1.29, 1.82) is 0 Å². The van der Waals surface area contributed by atoms with E-state index in [1.165, 1.54) is 18.3 Å². The zero-order valence-electron chi connectivity index (χ0n) is 16.3. The van der Waals surface area contributed by atoms with E-state index in [9.17, 15) is 14.4 Å². The lowest BCUT2D eigenvalue weighted by molar-refractivity contribution is 0.195. The van der Waals surface area contributed by atoms with Crippen LogP contribution in [-0.4, -0.2) is 19.4 Å². The van der Waals surface area contributed by atoms with E-state index in [1.807, 2.05) is 0 Å². The van der Waals surface area contributed by atoms with Crippen molar-refractivity contribution in [3.05, 3.63) is 76.9 Å². The van der Waals surface area contributed by atoms with E-state index in [4.69, 9.17) is 33.8 Å². The number of nitrogens with zero attached hydrogens (tertiary/aromatic N) is 3. The van der Waals surface area contributed by atoms with Crippen molar-refractivity contribution in [3.8, 4) is 17.2 Å². The number of nitrogens with two attached hydrogens (primary N) is 1. The van der Waals surface area contributed by atoms with Gasteiger partial charge in [-0.05, 0) is 42.7 Å². The van der Waals surface area contributed by atoms with Gasteiger partial charge in [0.25, 0.3) is 11.1 Å². The Morgan fingerprint density at radius 1 is 1.16 bits per heavy atom. The van der Waals surface area contributed by atoms with Gasteiger partial charge in [-0.25, -0.2) is 4.79 Å². The minimum absolute atomic E-state index is 0.0980. The molecule has 6 rings (SSSR count). The van der Waals surface area contributed by atoms with E-state index in [2.05, 4.69) is 17.0 Å².